The minimum Gasteiger partial charge on any atom is -0.480 e. The van der Waals surface area contributed by atoms with Crippen molar-refractivity contribution < 1.29 is 14.7 Å². The minimum atomic E-state index is -0.987. The molecule has 1 aliphatic rings. The van der Waals surface area contributed by atoms with Gasteiger partial charge in [-0.1, -0.05) is 6.92 Å². The van der Waals surface area contributed by atoms with Crippen molar-refractivity contribution in [3.8, 4) is 0 Å². The lowest BCUT2D eigenvalue weighted by Crippen LogP contribution is -2.47. The van der Waals surface area contributed by atoms with E-state index in [0.29, 0.717) is 13.0 Å². The number of aliphatic carboxylic acids is 1. The molecule has 18 heavy (non-hydrogen) atoms. The summed E-state index contributed by atoms with van der Waals surface area (Å²) in [4.78, 5) is 26.4. The summed E-state index contributed by atoms with van der Waals surface area (Å²) in [7, 11) is 1.69. The molecule has 1 rings (SSSR count). The summed E-state index contributed by atoms with van der Waals surface area (Å²) >= 11 is 0. The third-order valence-corrected chi connectivity index (χ3v) is 3.30. The maximum Gasteiger partial charge on any atom is 0.326 e. The van der Waals surface area contributed by atoms with Gasteiger partial charge in [-0.2, -0.15) is 0 Å². The van der Waals surface area contributed by atoms with Crippen molar-refractivity contribution in [3.05, 3.63) is 0 Å². The summed E-state index contributed by atoms with van der Waals surface area (Å²) in [5.41, 5.74) is 0. The number of carboxylic acid groups (broad SMARTS) is 1. The van der Waals surface area contributed by atoms with Gasteiger partial charge in [0.1, 0.15) is 6.04 Å². The number of carbonyl (C=O) groups excluding carboxylic acids is 1. The molecule has 0 aromatic rings. The fraction of sp³-hybridized carbons (Fsp3) is 0.833. The molecule has 0 bridgehead atoms. The second kappa shape index (κ2) is 7.20. The number of amides is 2. The molecule has 0 spiro atoms. The number of likely N-dealkylation sites (tertiary alicyclic amines) is 1. The van der Waals surface area contributed by atoms with Crippen molar-refractivity contribution >= 4 is 12.0 Å². The lowest BCUT2D eigenvalue weighted by molar-refractivity contribution is -0.139. The summed E-state index contributed by atoms with van der Waals surface area (Å²) in [5, 5.41) is 11.4. The molecule has 0 saturated carbocycles. The lowest BCUT2D eigenvalue weighted by Gasteiger charge is -2.23. The van der Waals surface area contributed by atoms with Gasteiger partial charge in [0.25, 0.3) is 0 Å². The minimum absolute atomic E-state index is 0.316. The van der Waals surface area contributed by atoms with E-state index in [1.165, 1.54) is 12.8 Å². The highest BCUT2D eigenvalue weighted by molar-refractivity contribution is 5.82. The van der Waals surface area contributed by atoms with Gasteiger partial charge in [0, 0.05) is 20.1 Å². The van der Waals surface area contributed by atoms with E-state index in [1.807, 2.05) is 0 Å². The molecule has 1 saturated heterocycles. The topological polar surface area (TPSA) is 72.9 Å². The monoisotopic (exact) mass is 257 g/mol. The predicted octanol–water partition coefficient (Wildman–Crippen LogP) is 0.587. The van der Waals surface area contributed by atoms with Gasteiger partial charge < -0.3 is 20.2 Å². The van der Waals surface area contributed by atoms with E-state index in [0.717, 1.165) is 19.6 Å². The van der Waals surface area contributed by atoms with Crippen LogP contribution in [0.15, 0.2) is 0 Å². The highest BCUT2D eigenvalue weighted by Gasteiger charge is 2.20. The molecule has 6 heteroatoms. The van der Waals surface area contributed by atoms with Gasteiger partial charge in [0.2, 0.25) is 0 Å². The first kappa shape index (κ1) is 14.8. The van der Waals surface area contributed by atoms with E-state index in [1.54, 1.807) is 18.9 Å². The molecule has 0 aliphatic carbocycles. The second-order valence-electron chi connectivity index (χ2n) is 4.72. The highest BCUT2D eigenvalue weighted by atomic mass is 16.4. The van der Waals surface area contributed by atoms with Crippen LogP contribution in [0.25, 0.3) is 0 Å². The van der Waals surface area contributed by atoms with E-state index in [-0.39, 0.29) is 6.03 Å². The molecular formula is C12H23N3O3. The molecule has 0 unspecified atom stereocenters. The average Bonchev–Trinajstić information content (AvgIpc) is 2.85. The number of carboxylic acids is 1. The number of carbonyl (C=O) groups is 2. The van der Waals surface area contributed by atoms with Crippen molar-refractivity contribution in [2.24, 2.45) is 0 Å². The van der Waals surface area contributed by atoms with Crippen molar-refractivity contribution in [3.63, 3.8) is 0 Å². The quantitative estimate of drug-likeness (QED) is 0.730. The molecule has 104 valence electrons. The maximum atomic E-state index is 11.8. The molecule has 2 amide bonds. The van der Waals surface area contributed by atoms with Crippen LogP contribution in [0.4, 0.5) is 4.79 Å². The van der Waals surface area contributed by atoms with Crippen LogP contribution in [0.1, 0.15) is 26.2 Å². The number of likely N-dealkylation sites (N-methyl/N-ethyl adjacent to an activating group) is 1. The average molecular weight is 257 g/mol. The maximum absolute atomic E-state index is 11.8. The number of hydrogen-bond donors (Lipinski definition) is 2. The Labute approximate surface area is 108 Å². The van der Waals surface area contributed by atoms with Crippen molar-refractivity contribution in [1.82, 2.24) is 15.1 Å². The second-order valence-corrected chi connectivity index (χ2v) is 4.72. The van der Waals surface area contributed by atoms with Crippen molar-refractivity contribution in [2.45, 2.75) is 32.2 Å². The van der Waals surface area contributed by atoms with Crippen LogP contribution in [0.2, 0.25) is 0 Å². The van der Waals surface area contributed by atoms with Crippen molar-refractivity contribution in [2.75, 3.05) is 33.2 Å². The van der Waals surface area contributed by atoms with E-state index in [4.69, 9.17) is 5.11 Å². The number of nitrogens with one attached hydrogen (secondary N) is 1. The van der Waals surface area contributed by atoms with Crippen LogP contribution in [0.3, 0.4) is 0 Å². The van der Waals surface area contributed by atoms with Gasteiger partial charge in [-0.25, -0.2) is 9.59 Å². The molecule has 1 aliphatic heterocycles. The summed E-state index contributed by atoms with van der Waals surface area (Å²) in [6.07, 6.45) is 2.85. The summed E-state index contributed by atoms with van der Waals surface area (Å²) in [5.74, 6) is -0.987. The zero-order valence-electron chi connectivity index (χ0n) is 11.2. The highest BCUT2D eigenvalue weighted by Crippen LogP contribution is 2.06. The molecule has 0 aromatic heterocycles. The molecule has 1 heterocycles. The lowest BCUT2D eigenvalue weighted by atomic mass is 10.2. The van der Waals surface area contributed by atoms with Crippen LogP contribution in [-0.4, -0.2) is 66.2 Å². The van der Waals surface area contributed by atoms with E-state index in [2.05, 4.69) is 10.2 Å². The molecule has 1 fully saturated rings. The van der Waals surface area contributed by atoms with Crippen LogP contribution in [-0.2, 0) is 4.79 Å². The normalized spacial score (nSPS) is 17.4. The number of hydrogen-bond acceptors (Lipinski definition) is 3. The Morgan fingerprint density at radius 3 is 2.50 bits per heavy atom. The van der Waals surface area contributed by atoms with Gasteiger partial charge in [0.05, 0.1) is 0 Å². The smallest absolute Gasteiger partial charge is 0.326 e. The Morgan fingerprint density at radius 2 is 2.00 bits per heavy atom. The first-order chi connectivity index (χ1) is 8.54. The van der Waals surface area contributed by atoms with Crippen LogP contribution in [0, 0.1) is 0 Å². The summed E-state index contributed by atoms with van der Waals surface area (Å²) in [6, 6.07) is -1.12. The Kier molecular flexibility index (Phi) is 5.91. The molecule has 0 aromatic carbocycles. The van der Waals surface area contributed by atoms with Gasteiger partial charge in [-0.3, -0.25) is 0 Å². The largest absolute Gasteiger partial charge is 0.480 e. The Hall–Kier alpha value is -1.30. The van der Waals surface area contributed by atoms with Gasteiger partial charge in [-0.15, -0.1) is 0 Å². The fourth-order valence-electron chi connectivity index (χ4n) is 2.00. The third-order valence-electron chi connectivity index (χ3n) is 3.30. The van der Waals surface area contributed by atoms with Crippen LogP contribution in [0.5, 0.6) is 0 Å². The summed E-state index contributed by atoms with van der Waals surface area (Å²) in [6.45, 7) is 5.42. The third kappa shape index (κ3) is 4.52. The first-order valence-electron chi connectivity index (χ1n) is 6.51. The zero-order valence-corrected chi connectivity index (χ0v) is 11.2. The Morgan fingerprint density at radius 1 is 1.39 bits per heavy atom. The van der Waals surface area contributed by atoms with Crippen LogP contribution < -0.4 is 5.32 Å². The van der Waals surface area contributed by atoms with E-state index < -0.39 is 12.0 Å². The van der Waals surface area contributed by atoms with Gasteiger partial charge in [0.15, 0.2) is 0 Å². The first-order valence-corrected chi connectivity index (χ1v) is 6.51. The number of urea groups is 1. The fourth-order valence-corrected chi connectivity index (χ4v) is 2.00. The molecule has 6 nitrogen and oxygen atoms in total. The van der Waals surface area contributed by atoms with Gasteiger partial charge in [-0.05, 0) is 32.4 Å². The number of rotatable bonds is 6. The SMILES string of the molecule is CC[C@H](NC(=O)N(C)CCN1CCCC1)C(=O)O. The molecule has 2 N–H and O–H groups in total. The van der Waals surface area contributed by atoms with Crippen LogP contribution >= 0.6 is 0 Å². The Balaban J connectivity index is 2.29. The standard InChI is InChI=1S/C12H23N3O3/c1-3-10(11(16)17)13-12(18)14(2)8-9-15-6-4-5-7-15/h10H,3-9H2,1-2H3,(H,13,18)(H,16,17)/t10-/m0/s1. The number of nitrogens with zero attached hydrogens (tertiary/aromatic N) is 2. The molecular weight excluding hydrogens is 234 g/mol. The van der Waals surface area contributed by atoms with Gasteiger partial charge >= 0.3 is 12.0 Å². The van der Waals surface area contributed by atoms with E-state index >= 15 is 0 Å². The van der Waals surface area contributed by atoms with E-state index in [9.17, 15) is 9.59 Å². The summed E-state index contributed by atoms with van der Waals surface area (Å²) < 4.78 is 0. The zero-order chi connectivity index (χ0) is 13.5. The predicted molar refractivity (Wildman–Crippen MR) is 68.6 cm³/mol. The molecule has 1 atom stereocenters. The Bertz CT molecular complexity index is 290. The van der Waals surface area contributed by atoms with Crippen molar-refractivity contribution in [1.29, 1.82) is 0 Å². The molecule has 0 radical (unpaired) electrons.